The lowest BCUT2D eigenvalue weighted by Crippen LogP contribution is -2.21. The highest BCUT2D eigenvalue weighted by atomic mass is 14.9. The van der Waals surface area contributed by atoms with Crippen molar-refractivity contribution in [3.8, 4) is 6.07 Å². The maximum atomic E-state index is 8.58. The summed E-state index contributed by atoms with van der Waals surface area (Å²) in [6.45, 7) is 3.03. The van der Waals surface area contributed by atoms with Crippen LogP contribution in [0.4, 0.5) is 0 Å². The van der Waals surface area contributed by atoms with Crippen LogP contribution in [0.2, 0.25) is 0 Å². The molecule has 0 spiro atoms. The van der Waals surface area contributed by atoms with Crippen molar-refractivity contribution in [3.05, 3.63) is 36.0 Å². The second-order valence-electron chi connectivity index (χ2n) is 5.04. The third-order valence-electron chi connectivity index (χ3n) is 3.55. The molecule has 1 unspecified atom stereocenters. The number of aromatic nitrogens is 1. The Morgan fingerprint density at radius 1 is 1.37 bits per heavy atom. The number of unbranched alkanes of at least 4 members (excludes halogenated alkanes) is 1. The Balaban J connectivity index is 2.15. The molecule has 0 radical (unpaired) electrons. The van der Waals surface area contributed by atoms with Crippen molar-refractivity contribution in [1.82, 2.24) is 4.57 Å². The predicted molar refractivity (Wildman–Crippen MR) is 78.8 cm³/mol. The fourth-order valence-corrected chi connectivity index (χ4v) is 2.35. The number of aryl methyl sites for hydroxylation is 1. The van der Waals surface area contributed by atoms with Crippen molar-refractivity contribution in [2.45, 2.75) is 45.2 Å². The number of rotatable bonds is 6. The summed E-state index contributed by atoms with van der Waals surface area (Å²) in [6, 6.07) is 11.1. The first-order chi connectivity index (χ1) is 9.24. The summed E-state index contributed by atoms with van der Waals surface area (Å²) in [5.41, 5.74) is 8.54. The minimum Gasteiger partial charge on any atom is -0.347 e. The number of benzene rings is 1. The summed E-state index contributed by atoms with van der Waals surface area (Å²) in [6.07, 6.45) is 5.57. The van der Waals surface area contributed by atoms with E-state index in [-0.39, 0.29) is 6.04 Å². The van der Waals surface area contributed by atoms with Crippen molar-refractivity contribution < 1.29 is 0 Å². The van der Waals surface area contributed by atoms with Gasteiger partial charge in [0.15, 0.2) is 0 Å². The molecule has 0 aliphatic carbocycles. The molecule has 2 rings (SSSR count). The monoisotopic (exact) mass is 255 g/mol. The summed E-state index contributed by atoms with van der Waals surface area (Å²) < 4.78 is 2.22. The Morgan fingerprint density at radius 3 is 2.95 bits per heavy atom. The van der Waals surface area contributed by atoms with E-state index in [2.05, 4.69) is 48.0 Å². The number of fused-ring (bicyclic) bond motifs is 1. The molecule has 0 saturated heterocycles. The number of nitriles is 1. The van der Waals surface area contributed by atoms with Gasteiger partial charge < -0.3 is 10.3 Å². The van der Waals surface area contributed by atoms with Gasteiger partial charge in [0.1, 0.15) is 0 Å². The van der Waals surface area contributed by atoms with E-state index in [0.717, 1.165) is 25.8 Å². The van der Waals surface area contributed by atoms with Gasteiger partial charge in [-0.05, 0) is 48.4 Å². The highest BCUT2D eigenvalue weighted by Gasteiger charge is 2.05. The van der Waals surface area contributed by atoms with E-state index < -0.39 is 0 Å². The third-order valence-corrected chi connectivity index (χ3v) is 3.55. The standard InChI is InChI=1S/C16H21N3/c1-2-15(18)12-13-5-6-16-14(11-13)7-10-19(16)9-4-3-8-17/h5-7,10-11,15H,2-4,9,12,18H2,1H3. The predicted octanol–water partition coefficient (Wildman–Crippen LogP) is 3.22. The maximum absolute atomic E-state index is 8.58. The highest BCUT2D eigenvalue weighted by Crippen LogP contribution is 2.19. The van der Waals surface area contributed by atoms with E-state index in [1.165, 1.54) is 16.5 Å². The summed E-state index contributed by atoms with van der Waals surface area (Å²) in [5.74, 6) is 0. The molecule has 3 nitrogen and oxygen atoms in total. The van der Waals surface area contributed by atoms with Crippen molar-refractivity contribution in [2.24, 2.45) is 5.73 Å². The fourth-order valence-electron chi connectivity index (χ4n) is 2.35. The molecule has 2 aromatic rings. The van der Waals surface area contributed by atoms with Crippen molar-refractivity contribution in [2.75, 3.05) is 0 Å². The highest BCUT2D eigenvalue weighted by molar-refractivity contribution is 5.80. The Bertz CT molecular complexity index is 577. The van der Waals surface area contributed by atoms with E-state index in [1.807, 2.05) is 0 Å². The van der Waals surface area contributed by atoms with Crippen LogP contribution in [-0.2, 0) is 13.0 Å². The lowest BCUT2D eigenvalue weighted by atomic mass is 10.0. The zero-order chi connectivity index (χ0) is 13.7. The zero-order valence-electron chi connectivity index (χ0n) is 11.5. The van der Waals surface area contributed by atoms with Crippen LogP contribution in [0.3, 0.4) is 0 Å². The summed E-state index contributed by atoms with van der Waals surface area (Å²) in [5, 5.41) is 9.84. The minimum atomic E-state index is 0.246. The molecule has 2 N–H and O–H groups in total. The van der Waals surface area contributed by atoms with Gasteiger partial charge in [0.25, 0.3) is 0 Å². The smallest absolute Gasteiger partial charge is 0.0622 e. The average molecular weight is 255 g/mol. The average Bonchev–Trinajstić information content (AvgIpc) is 2.81. The molecule has 1 aromatic carbocycles. The first kappa shape index (κ1) is 13.6. The van der Waals surface area contributed by atoms with Crippen LogP contribution in [0.25, 0.3) is 10.9 Å². The normalized spacial score (nSPS) is 12.5. The van der Waals surface area contributed by atoms with E-state index >= 15 is 0 Å². The minimum absolute atomic E-state index is 0.246. The summed E-state index contributed by atoms with van der Waals surface area (Å²) in [4.78, 5) is 0. The molecule has 3 heteroatoms. The first-order valence-electron chi connectivity index (χ1n) is 6.95. The second kappa shape index (κ2) is 6.40. The molecule has 0 saturated carbocycles. The van der Waals surface area contributed by atoms with Gasteiger partial charge in [-0.15, -0.1) is 0 Å². The molecule has 0 amide bonds. The Hall–Kier alpha value is -1.79. The van der Waals surface area contributed by atoms with E-state index in [9.17, 15) is 0 Å². The number of hydrogen-bond acceptors (Lipinski definition) is 2. The van der Waals surface area contributed by atoms with Gasteiger partial charge in [0.05, 0.1) is 6.07 Å². The van der Waals surface area contributed by atoms with E-state index in [4.69, 9.17) is 11.0 Å². The molecule has 0 fully saturated rings. The van der Waals surface area contributed by atoms with Crippen molar-refractivity contribution >= 4 is 10.9 Å². The van der Waals surface area contributed by atoms with Crippen LogP contribution >= 0.6 is 0 Å². The summed E-state index contributed by atoms with van der Waals surface area (Å²) in [7, 11) is 0. The molecule has 100 valence electrons. The quantitative estimate of drug-likeness (QED) is 0.806. The van der Waals surface area contributed by atoms with Gasteiger partial charge in [-0.25, -0.2) is 0 Å². The molecular formula is C16H21N3. The van der Waals surface area contributed by atoms with Gasteiger partial charge >= 0.3 is 0 Å². The lowest BCUT2D eigenvalue weighted by Gasteiger charge is -2.09. The maximum Gasteiger partial charge on any atom is 0.0622 e. The van der Waals surface area contributed by atoms with Crippen LogP contribution in [0, 0.1) is 11.3 Å². The fraction of sp³-hybridized carbons (Fsp3) is 0.438. The van der Waals surface area contributed by atoms with E-state index in [1.54, 1.807) is 0 Å². The Labute approximate surface area is 114 Å². The van der Waals surface area contributed by atoms with Gasteiger partial charge in [-0.3, -0.25) is 0 Å². The summed E-state index contributed by atoms with van der Waals surface area (Å²) >= 11 is 0. The van der Waals surface area contributed by atoms with Crippen molar-refractivity contribution in [1.29, 1.82) is 5.26 Å². The molecule has 0 aliphatic heterocycles. The molecular weight excluding hydrogens is 234 g/mol. The second-order valence-corrected chi connectivity index (χ2v) is 5.04. The number of nitrogens with zero attached hydrogens (tertiary/aromatic N) is 2. The van der Waals surface area contributed by atoms with Crippen LogP contribution in [0.1, 0.15) is 31.7 Å². The van der Waals surface area contributed by atoms with Crippen LogP contribution < -0.4 is 5.73 Å². The van der Waals surface area contributed by atoms with Crippen molar-refractivity contribution in [3.63, 3.8) is 0 Å². The molecule has 19 heavy (non-hydrogen) atoms. The van der Waals surface area contributed by atoms with Gasteiger partial charge in [0.2, 0.25) is 0 Å². The van der Waals surface area contributed by atoms with Gasteiger partial charge in [-0.1, -0.05) is 13.0 Å². The molecule has 0 aliphatic rings. The van der Waals surface area contributed by atoms with Crippen LogP contribution in [0.15, 0.2) is 30.5 Å². The van der Waals surface area contributed by atoms with Gasteiger partial charge in [0, 0.05) is 30.7 Å². The Morgan fingerprint density at radius 2 is 2.21 bits per heavy atom. The molecule has 0 bridgehead atoms. The van der Waals surface area contributed by atoms with Crippen LogP contribution in [0.5, 0.6) is 0 Å². The largest absolute Gasteiger partial charge is 0.347 e. The topological polar surface area (TPSA) is 54.7 Å². The third kappa shape index (κ3) is 3.36. The number of hydrogen-bond donors (Lipinski definition) is 1. The Kier molecular flexibility index (Phi) is 4.59. The first-order valence-corrected chi connectivity index (χ1v) is 6.95. The van der Waals surface area contributed by atoms with Gasteiger partial charge in [-0.2, -0.15) is 5.26 Å². The molecule has 1 atom stereocenters. The van der Waals surface area contributed by atoms with E-state index in [0.29, 0.717) is 6.42 Å². The SMILES string of the molecule is CCC(N)Cc1ccc2c(ccn2CCCC#N)c1. The molecule has 1 heterocycles. The lowest BCUT2D eigenvalue weighted by molar-refractivity contribution is 0.646. The number of nitrogens with two attached hydrogens (primary N) is 1. The zero-order valence-corrected chi connectivity index (χ0v) is 11.5. The molecule has 1 aromatic heterocycles. The van der Waals surface area contributed by atoms with Crippen LogP contribution in [-0.4, -0.2) is 10.6 Å².